The van der Waals surface area contributed by atoms with Gasteiger partial charge in [0.25, 0.3) is 0 Å². The molecule has 0 aliphatic carbocycles. The van der Waals surface area contributed by atoms with Crippen molar-refractivity contribution in [1.82, 2.24) is 0 Å². The van der Waals surface area contributed by atoms with E-state index < -0.39 is 18.1 Å². The number of carboxylic acids is 1. The maximum absolute atomic E-state index is 12.8. The summed E-state index contributed by atoms with van der Waals surface area (Å²) in [6.07, 6.45) is 67.4. The molecule has 0 saturated carbocycles. The minimum absolute atomic E-state index is 0.0109. The van der Waals surface area contributed by atoms with Gasteiger partial charge in [-0.05, 0) is 89.9 Å². The average molecular weight is 948 g/mol. The first-order valence-electron chi connectivity index (χ1n) is 27.3. The minimum atomic E-state index is -1.14. The van der Waals surface area contributed by atoms with Crippen LogP contribution in [0.2, 0.25) is 0 Å². The van der Waals surface area contributed by atoms with E-state index in [9.17, 15) is 19.5 Å². The summed E-state index contributed by atoms with van der Waals surface area (Å²) in [6, 6.07) is -0.743. The molecule has 0 aliphatic heterocycles. The highest BCUT2D eigenvalue weighted by molar-refractivity contribution is 5.70. The van der Waals surface area contributed by atoms with Gasteiger partial charge >= 0.3 is 11.9 Å². The SMILES string of the molecule is CC/C=C/C/C=C/C/C=C/C/C=C/C/C=C/C/C=C/C/C=C/CCCC(=O)OC(COCCC(C(=O)[O-])[N+](C)(C)C)COC(=O)CCCCCCCCC/C=C/CCCCCCCCCCCC. The van der Waals surface area contributed by atoms with E-state index in [0.29, 0.717) is 12.8 Å². The molecule has 0 aromatic carbocycles. The maximum Gasteiger partial charge on any atom is 0.306 e. The van der Waals surface area contributed by atoms with Gasteiger partial charge in [-0.1, -0.05) is 201 Å². The van der Waals surface area contributed by atoms with Crippen molar-refractivity contribution >= 4 is 17.9 Å². The number of ether oxygens (including phenoxy) is 3. The van der Waals surface area contributed by atoms with Crippen LogP contribution in [-0.2, 0) is 28.6 Å². The van der Waals surface area contributed by atoms with Crippen LogP contribution < -0.4 is 5.11 Å². The van der Waals surface area contributed by atoms with Gasteiger partial charge in [0.05, 0.1) is 40.3 Å². The summed E-state index contributed by atoms with van der Waals surface area (Å²) >= 11 is 0. The first-order valence-corrected chi connectivity index (χ1v) is 27.3. The Morgan fingerprint density at radius 1 is 0.456 bits per heavy atom. The van der Waals surface area contributed by atoms with Gasteiger partial charge in [-0.15, -0.1) is 0 Å². The number of esters is 2. The lowest BCUT2D eigenvalue weighted by molar-refractivity contribution is -0.889. The lowest BCUT2D eigenvalue weighted by Crippen LogP contribution is -2.55. The number of hydrogen-bond acceptors (Lipinski definition) is 7. The number of likely N-dealkylation sites (N-methyl/N-ethyl adjacent to an activating group) is 1. The number of hydrogen-bond donors (Lipinski definition) is 0. The molecule has 8 heteroatoms. The standard InChI is InChI=1S/C60H101NO7/c1-6-8-10-12-14-16-18-20-22-24-26-28-29-31-33-35-37-39-41-43-45-47-49-51-59(63)68-56(54-66-53-52-57(60(64)65)61(3,4)5)55-67-58(62)50-48-46-44-42-40-38-36-34-32-30-27-25-23-21-19-17-15-13-11-9-7-2/h8,10,14,16,20,22,26,28,30-33,37,39,43,45,56-57H,6-7,9,11-13,15,17-19,21,23-25,27,29,34-36,38,40-42,44,46-55H2,1-5H3/b10-8+,16-14+,22-20+,28-26+,32-30+,33-31+,39-37+,45-43+. The van der Waals surface area contributed by atoms with Crippen LogP contribution in [0.4, 0.5) is 0 Å². The highest BCUT2D eigenvalue weighted by atomic mass is 16.6. The minimum Gasteiger partial charge on any atom is -0.544 e. The second kappa shape index (κ2) is 49.7. The van der Waals surface area contributed by atoms with Crippen LogP contribution >= 0.6 is 0 Å². The normalized spacial score (nSPS) is 13.6. The Morgan fingerprint density at radius 3 is 1.28 bits per heavy atom. The van der Waals surface area contributed by atoms with Crippen molar-refractivity contribution in [3.8, 4) is 0 Å². The van der Waals surface area contributed by atoms with Crippen LogP contribution in [0.3, 0.4) is 0 Å². The Morgan fingerprint density at radius 2 is 0.838 bits per heavy atom. The lowest BCUT2D eigenvalue weighted by Gasteiger charge is -2.34. The quantitative estimate of drug-likeness (QED) is 0.0259. The molecule has 0 N–H and O–H groups in total. The predicted molar refractivity (Wildman–Crippen MR) is 286 cm³/mol. The fraction of sp³-hybridized carbons (Fsp3) is 0.683. The molecular weight excluding hydrogens is 847 g/mol. The first kappa shape index (κ1) is 64.2. The molecule has 2 unspecified atom stereocenters. The van der Waals surface area contributed by atoms with Crippen LogP contribution in [0.5, 0.6) is 0 Å². The Hall–Kier alpha value is -3.75. The number of rotatable bonds is 48. The third-order valence-electron chi connectivity index (χ3n) is 11.7. The summed E-state index contributed by atoms with van der Waals surface area (Å²) in [4.78, 5) is 37.1. The van der Waals surface area contributed by atoms with Crippen molar-refractivity contribution in [1.29, 1.82) is 0 Å². The Labute approximate surface area is 417 Å². The highest BCUT2D eigenvalue weighted by Crippen LogP contribution is 2.14. The summed E-state index contributed by atoms with van der Waals surface area (Å²) in [5.74, 6) is -1.82. The van der Waals surface area contributed by atoms with E-state index >= 15 is 0 Å². The molecule has 0 bridgehead atoms. The zero-order chi connectivity index (χ0) is 49.9. The molecule has 0 heterocycles. The number of carboxylic acid groups (broad SMARTS) is 1. The van der Waals surface area contributed by atoms with Gasteiger partial charge in [0, 0.05) is 19.3 Å². The van der Waals surface area contributed by atoms with Crippen molar-refractivity contribution in [2.45, 2.75) is 225 Å². The van der Waals surface area contributed by atoms with E-state index in [-0.39, 0.29) is 49.1 Å². The van der Waals surface area contributed by atoms with E-state index in [1.54, 1.807) is 21.1 Å². The van der Waals surface area contributed by atoms with Crippen molar-refractivity contribution in [3.63, 3.8) is 0 Å². The van der Waals surface area contributed by atoms with Gasteiger partial charge in [-0.25, -0.2) is 0 Å². The fourth-order valence-corrected chi connectivity index (χ4v) is 7.53. The van der Waals surface area contributed by atoms with E-state index in [4.69, 9.17) is 14.2 Å². The molecule has 388 valence electrons. The molecule has 0 aliphatic rings. The number of carbonyl (C=O) groups is 3. The van der Waals surface area contributed by atoms with E-state index in [2.05, 4.69) is 111 Å². The van der Waals surface area contributed by atoms with Crippen LogP contribution in [0.15, 0.2) is 97.2 Å². The smallest absolute Gasteiger partial charge is 0.306 e. The molecular formula is C60H101NO7. The number of aliphatic carboxylic acids is 1. The largest absolute Gasteiger partial charge is 0.544 e. The number of quaternary nitrogens is 1. The Bertz CT molecular complexity index is 1430. The van der Waals surface area contributed by atoms with Crippen molar-refractivity contribution < 1.29 is 38.2 Å². The number of carbonyl (C=O) groups excluding carboxylic acids is 3. The maximum atomic E-state index is 12.8. The second-order valence-electron chi connectivity index (χ2n) is 19.1. The second-order valence-corrected chi connectivity index (χ2v) is 19.1. The fourth-order valence-electron chi connectivity index (χ4n) is 7.53. The Balaban J connectivity index is 4.34. The zero-order valence-corrected chi connectivity index (χ0v) is 44.2. The molecule has 2 atom stereocenters. The van der Waals surface area contributed by atoms with Crippen LogP contribution in [0.1, 0.15) is 213 Å². The van der Waals surface area contributed by atoms with E-state index in [1.807, 2.05) is 0 Å². The molecule has 0 radical (unpaired) electrons. The summed E-state index contributed by atoms with van der Waals surface area (Å²) < 4.78 is 17.2. The Kier molecular flexibility index (Phi) is 46.9. The lowest BCUT2D eigenvalue weighted by atomic mass is 10.1. The van der Waals surface area contributed by atoms with Crippen molar-refractivity contribution in [2.75, 3.05) is 41.0 Å². The van der Waals surface area contributed by atoms with E-state index in [1.165, 1.54) is 103 Å². The van der Waals surface area contributed by atoms with Crippen LogP contribution in [-0.4, -0.2) is 75.5 Å². The highest BCUT2D eigenvalue weighted by Gasteiger charge is 2.25. The van der Waals surface area contributed by atoms with Gasteiger partial charge in [-0.3, -0.25) is 9.59 Å². The molecule has 0 spiro atoms. The van der Waals surface area contributed by atoms with E-state index in [0.717, 1.165) is 70.6 Å². The molecule has 68 heavy (non-hydrogen) atoms. The topological polar surface area (TPSA) is 102 Å². The average Bonchev–Trinajstić information content (AvgIpc) is 3.30. The summed E-state index contributed by atoms with van der Waals surface area (Å²) in [5.41, 5.74) is 0. The van der Waals surface area contributed by atoms with Gasteiger partial charge < -0.3 is 28.6 Å². The summed E-state index contributed by atoms with van der Waals surface area (Å²) in [5, 5.41) is 11.7. The molecule has 0 rings (SSSR count). The molecule has 0 saturated heterocycles. The molecule has 8 nitrogen and oxygen atoms in total. The third-order valence-corrected chi connectivity index (χ3v) is 11.7. The third kappa shape index (κ3) is 47.3. The monoisotopic (exact) mass is 948 g/mol. The van der Waals surface area contributed by atoms with Gasteiger partial charge in [0.1, 0.15) is 12.6 Å². The molecule has 0 fully saturated rings. The van der Waals surface area contributed by atoms with Crippen molar-refractivity contribution in [3.05, 3.63) is 97.2 Å². The molecule has 0 amide bonds. The number of unbranched alkanes of at least 4 members (excludes halogenated alkanes) is 18. The number of nitrogens with zero attached hydrogens (tertiary/aromatic N) is 1. The van der Waals surface area contributed by atoms with Gasteiger partial charge in [0.15, 0.2) is 6.10 Å². The summed E-state index contributed by atoms with van der Waals surface area (Å²) in [6.45, 7) is 4.49. The number of allylic oxidation sites excluding steroid dienone is 16. The predicted octanol–water partition coefficient (Wildman–Crippen LogP) is 14.9. The van der Waals surface area contributed by atoms with Crippen LogP contribution in [0, 0.1) is 0 Å². The molecule has 0 aromatic heterocycles. The molecule has 0 aromatic rings. The van der Waals surface area contributed by atoms with Crippen molar-refractivity contribution in [2.24, 2.45) is 0 Å². The first-order chi connectivity index (χ1) is 33.1. The zero-order valence-electron chi connectivity index (χ0n) is 44.2. The van der Waals surface area contributed by atoms with Gasteiger partial charge in [-0.2, -0.15) is 0 Å². The summed E-state index contributed by atoms with van der Waals surface area (Å²) in [7, 11) is 5.39. The van der Waals surface area contributed by atoms with Gasteiger partial charge in [0.2, 0.25) is 0 Å². The van der Waals surface area contributed by atoms with Crippen LogP contribution in [0.25, 0.3) is 0 Å².